The summed E-state index contributed by atoms with van der Waals surface area (Å²) in [5, 5.41) is 10.4. The lowest BCUT2D eigenvalue weighted by atomic mass is 10.2. The minimum atomic E-state index is -3.55. The summed E-state index contributed by atoms with van der Waals surface area (Å²) in [4.78, 5) is 26.1. The Hall–Kier alpha value is -2.43. The second kappa shape index (κ2) is 9.37. The Morgan fingerprint density at radius 1 is 1.19 bits per heavy atom. The Balaban J connectivity index is 1.76. The molecule has 0 saturated carbocycles. The first-order chi connectivity index (χ1) is 14.7. The molecule has 1 unspecified atom stereocenters. The van der Waals surface area contributed by atoms with E-state index in [9.17, 15) is 23.3 Å². The van der Waals surface area contributed by atoms with Crippen molar-refractivity contribution in [1.29, 1.82) is 0 Å². The molecule has 0 N–H and O–H groups in total. The maximum Gasteiger partial charge on any atom is 0.269 e. The predicted octanol–water partition coefficient (Wildman–Crippen LogP) is 3.70. The zero-order chi connectivity index (χ0) is 22.8. The van der Waals surface area contributed by atoms with E-state index < -0.39 is 20.2 Å². The number of carbonyl (C=O) groups is 1. The van der Waals surface area contributed by atoms with Crippen molar-refractivity contribution in [2.24, 2.45) is 0 Å². The molecule has 0 fully saturated rings. The summed E-state index contributed by atoms with van der Waals surface area (Å²) >= 11 is 1.33. The van der Waals surface area contributed by atoms with Crippen molar-refractivity contribution in [3.8, 4) is 0 Å². The van der Waals surface area contributed by atoms with Gasteiger partial charge in [-0.2, -0.15) is 4.31 Å². The largest absolute Gasteiger partial charge is 0.311 e. The van der Waals surface area contributed by atoms with E-state index in [1.807, 2.05) is 0 Å². The van der Waals surface area contributed by atoms with E-state index in [0.29, 0.717) is 26.1 Å². The number of rotatable bonds is 8. The van der Waals surface area contributed by atoms with Crippen molar-refractivity contribution in [3.05, 3.63) is 58.1 Å². The number of benzene rings is 2. The average Bonchev–Trinajstić information content (AvgIpc) is 3.17. The highest BCUT2D eigenvalue weighted by molar-refractivity contribution is 8.00. The molecule has 0 bridgehead atoms. The van der Waals surface area contributed by atoms with E-state index in [1.165, 1.54) is 28.2 Å². The van der Waals surface area contributed by atoms with Crippen LogP contribution in [-0.2, 0) is 21.2 Å². The molecule has 2 aromatic rings. The fraction of sp³-hybridized carbons (Fsp3) is 0.381. The molecule has 3 rings (SSSR count). The molecule has 10 heteroatoms. The van der Waals surface area contributed by atoms with Gasteiger partial charge < -0.3 is 4.90 Å². The van der Waals surface area contributed by atoms with E-state index in [1.54, 1.807) is 56.0 Å². The third-order valence-corrected chi connectivity index (χ3v) is 8.41. The number of nitro groups is 1. The van der Waals surface area contributed by atoms with E-state index in [4.69, 9.17) is 0 Å². The van der Waals surface area contributed by atoms with Crippen molar-refractivity contribution in [3.63, 3.8) is 0 Å². The number of thioether (sulfide) groups is 1. The van der Waals surface area contributed by atoms with E-state index >= 15 is 0 Å². The number of hydrogen-bond donors (Lipinski definition) is 0. The van der Waals surface area contributed by atoms with Gasteiger partial charge in [-0.15, -0.1) is 11.8 Å². The Bertz CT molecular complexity index is 1080. The van der Waals surface area contributed by atoms with E-state index in [2.05, 4.69) is 0 Å². The first-order valence-electron chi connectivity index (χ1n) is 10.0. The van der Waals surface area contributed by atoms with Crippen LogP contribution >= 0.6 is 11.8 Å². The summed E-state index contributed by atoms with van der Waals surface area (Å²) in [6, 6.07) is 11.0. The van der Waals surface area contributed by atoms with Gasteiger partial charge in [-0.3, -0.25) is 14.9 Å². The zero-order valence-corrected chi connectivity index (χ0v) is 19.3. The SMILES string of the molecule is CCN(CC)S(=O)(=O)c1ccc2c(c1)CCN2C(=O)C(C)Sc1ccc([N+](=O)[O-])cc1. The van der Waals surface area contributed by atoms with Gasteiger partial charge >= 0.3 is 0 Å². The minimum absolute atomic E-state index is 0.00673. The quantitative estimate of drug-likeness (QED) is 0.336. The monoisotopic (exact) mass is 463 g/mol. The fourth-order valence-corrected chi connectivity index (χ4v) is 6.04. The Kier molecular flexibility index (Phi) is 7.03. The topological polar surface area (TPSA) is 101 Å². The number of fused-ring (bicyclic) bond motifs is 1. The average molecular weight is 464 g/mol. The molecule has 1 heterocycles. The molecule has 166 valence electrons. The van der Waals surface area contributed by atoms with Crippen molar-refractivity contribution in [1.82, 2.24) is 4.31 Å². The van der Waals surface area contributed by atoms with Crippen LogP contribution in [0.4, 0.5) is 11.4 Å². The second-order valence-corrected chi connectivity index (χ2v) is 10.5. The molecule has 31 heavy (non-hydrogen) atoms. The van der Waals surface area contributed by atoms with E-state index in [0.717, 1.165) is 16.1 Å². The highest BCUT2D eigenvalue weighted by atomic mass is 32.2. The number of sulfonamides is 1. The maximum atomic E-state index is 13.0. The van der Waals surface area contributed by atoms with Gasteiger partial charge in [-0.05, 0) is 49.2 Å². The van der Waals surface area contributed by atoms with Crippen LogP contribution in [-0.4, -0.2) is 48.4 Å². The second-order valence-electron chi connectivity index (χ2n) is 7.13. The van der Waals surface area contributed by atoms with Gasteiger partial charge in [0.05, 0.1) is 15.1 Å². The van der Waals surface area contributed by atoms with Crippen LogP contribution < -0.4 is 4.90 Å². The summed E-state index contributed by atoms with van der Waals surface area (Å²) in [6.07, 6.45) is 0.595. The number of non-ortho nitro benzene ring substituents is 1. The van der Waals surface area contributed by atoms with Crippen LogP contribution in [0.2, 0.25) is 0 Å². The molecule has 1 aliphatic rings. The van der Waals surface area contributed by atoms with Crippen molar-refractivity contribution >= 4 is 39.1 Å². The van der Waals surface area contributed by atoms with Gasteiger partial charge in [0.25, 0.3) is 5.69 Å². The molecule has 8 nitrogen and oxygen atoms in total. The first kappa shape index (κ1) is 23.2. The smallest absolute Gasteiger partial charge is 0.269 e. The summed E-state index contributed by atoms with van der Waals surface area (Å²) in [5.41, 5.74) is 1.58. The third kappa shape index (κ3) is 4.76. The number of nitro benzene ring substituents is 1. The molecule has 0 radical (unpaired) electrons. The van der Waals surface area contributed by atoms with Gasteiger partial charge in [0.15, 0.2) is 0 Å². The lowest BCUT2D eigenvalue weighted by Gasteiger charge is -2.22. The zero-order valence-electron chi connectivity index (χ0n) is 17.6. The molecular formula is C21H25N3O5S2. The molecule has 1 amide bonds. The van der Waals surface area contributed by atoms with Gasteiger partial charge in [-0.25, -0.2) is 8.42 Å². The molecule has 0 spiro atoms. The van der Waals surface area contributed by atoms with Crippen LogP contribution in [0.25, 0.3) is 0 Å². The van der Waals surface area contributed by atoms with Gasteiger partial charge in [0.1, 0.15) is 0 Å². The van der Waals surface area contributed by atoms with Crippen molar-refractivity contribution in [2.75, 3.05) is 24.5 Å². The summed E-state index contributed by atoms with van der Waals surface area (Å²) in [7, 11) is -3.55. The number of hydrogen-bond acceptors (Lipinski definition) is 6. The number of nitrogens with zero attached hydrogens (tertiary/aromatic N) is 3. The molecule has 0 aliphatic carbocycles. The van der Waals surface area contributed by atoms with Crippen LogP contribution in [0.15, 0.2) is 52.3 Å². The third-order valence-electron chi connectivity index (χ3n) is 5.26. The molecule has 1 atom stereocenters. The predicted molar refractivity (Wildman–Crippen MR) is 121 cm³/mol. The van der Waals surface area contributed by atoms with Crippen molar-refractivity contribution in [2.45, 2.75) is 42.2 Å². The number of carbonyl (C=O) groups excluding carboxylic acids is 1. The van der Waals surface area contributed by atoms with Crippen molar-refractivity contribution < 1.29 is 18.1 Å². The van der Waals surface area contributed by atoms with Gasteiger partial charge in [0, 0.05) is 42.3 Å². The molecule has 0 saturated heterocycles. The van der Waals surface area contributed by atoms with Gasteiger partial charge in [-0.1, -0.05) is 13.8 Å². The minimum Gasteiger partial charge on any atom is -0.311 e. The summed E-state index contributed by atoms with van der Waals surface area (Å²) in [6.45, 7) is 6.70. The Morgan fingerprint density at radius 2 is 1.84 bits per heavy atom. The van der Waals surface area contributed by atoms with Crippen LogP contribution in [0.1, 0.15) is 26.3 Å². The first-order valence-corrected chi connectivity index (χ1v) is 12.4. The summed E-state index contributed by atoms with van der Waals surface area (Å²) in [5.74, 6) is -0.0820. The molecule has 1 aliphatic heterocycles. The van der Waals surface area contributed by atoms with Crippen LogP contribution in [0.3, 0.4) is 0 Å². The highest BCUT2D eigenvalue weighted by Gasteiger charge is 2.30. The number of amides is 1. The lowest BCUT2D eigenvalue weighted by Crippen LogP contribution is -2.35. The Morgan fingerprint density at radius 3 is 2.42 bits per heavy atom. The maximum absolute atomic E-state index is 13.0. The summed E-state index contributed by atoms with van der Waals surface area (Å²) < 4.78 is 27.0. The Labute approximate surface area is 186 Å². The fourth-order valence-electron chi connectivity index (χ4n) is 3.60. The highest BCUT2D eigenvalue weighted by Crippen LogP contribution is 2.34. The standard InChI is InChI=1S/C21H25N3O5S2/c1-4-22(5-2)31(28,29)19-10-11-20-16(14-19)12-13-23(20)21(25)15(3)30-18-8-6-17(7-9-18)24(26)27/h6-11,14-15H,4-5,12-13H2,1-3H3. The number of anilines is 1. The van der Waals surface area contributed by atoms with E-state index in [-0.39, 0.29) is 16.5 Å². The lowest BCUT2D eigenvalue weighted by molar-refractivity contribution is -0.384. The molecular weight excluding hydrogens is 438 g/mol. The normalized spacial score (nSPS) is 14.5. The van der Waals surface area contributed by atoms with Crippen LogP contribution in [0.5, 0.6) is 0 Å². The van der Waals surface area contributed by atoms with Crippen LogP contribution in [0, 0.1) is 10.1 Å². The molecule has 2 aromatic carbocycles. The molecule has 0 aromatic heterocycles. The van der Waals surface area contributed by atoms with Gasteiger partial charge in [0.2, 0.25) is 15.9 Å².